The van der Waals surface area contributed by atoms with Crippen molar-refractivity contribution < 1.29 is 14.4 Å². The zero-order chi connectivity index (χ0) is 23.9. The molecule has 0 spiro atoms. The van der Waals surface area contributed by atoms with Crippen LogP contribution in [0.1, 0.15) is 11.1 Å². The van der Waals surface area contributed by atoms with Crippen LogP contribution in [-0.2, 0) is 6.61 Å². The first kappa shape index (κ1) is 23.2. The van der Waals surface area contributed by atoms with Gasteiger partial charge in [-0.2, -0.15) is 5.10 Å². The van der Waals surface area contributed by atoms with E-state index in [9.17, 15) is 10.1 Å². The van der Waals surface area contributed by atoms with Crippen LogP contribution in [0.2, 0.25) is 5.02 Å². The molecule has 1 N–H and O–H groups in total. The van der Waals surface area contributed by atoms with E-state index in [4.69, 9.17) is 21.1 Å². The molecule has 4 rings (SSSR count). The van der Waals surface area contributed by atoms with Crippen molar-refractivity contribution in [1.29, 1.82) is 0 Å². The minimum Gasteiger partial charge on any atom is -0.496 e. The maximum atomic E-state index is 10.9. The third-order valence-electron chi connectivity index (χ3n) is 4.76. The second-order valence-electron chi connectivity index (χ2n) is 7.01. The van der Waals surface area contributed by atoms with Crippen LogP contribution in [0.25, 0.3) is 11.3 Å². The van der Waals surface area contributed by atoms with Crippen LogP contribution >= 0.6 is 22.9 Å². The Morgan fingerprint density at radius 3 is 2.68 bits per heavy atom. The topological polar surface area (TPSA) is 98.9 Å². The van der Waals surface area contributed by atoms with Crippen LogP contribution in [-0.4, -0.2) is 23.2 Å². The molecule has 4 aromatic rings. The second-order valence-corrected chi connectivity index (χ2v) is 8.27. The Morgan fingerprint density at radius 1 is 1.15 bits per heavy atom. The molecule has 0 aliphatic rings. The molecule has 0 saturated heterocycles. The SMILES string of the molecule is COc1ccc(C=NNc2nc(-c3ccccc3)cs2)cc1COc1ccc([N+](=O)[O-])cc1Cl. The number of nitro groups is 1. The van der Waals surface area contributed by atoms with Gasteiger partial charge in [-0.1, -0.05) is 41.9 Å². The van der Waals surface area contributed by atoms with Crippen molar-refractivity contribution in [2.45, 2.75) is 6.61 Å². The summed E-state index contributed by atoms with van der Waals surface area (Å²) >= 11 is 7.59. The predicted molar refractivity (Wildman–Crippen MR) is 134 cm³/mol. The first-order valence-corrected chi connectivity index (χ1v) is 11.3. The number of nitrogens with zero attached hydrogens (tertiary/aromatic N) is 3. The molecular formula is C24H19ClN4O4S. The van der Waals surface area contributed by atoms with Gasteiger partial charge in [0.2, 0.25) is 5.13 Å². The Balaban J connectivity index is 1.42. The molecule has 0 fully saturated rings. The second kappa shape index (κ2) is 10.8. The van der Waals surface area contributed by atoms with Crippen LogP contribution < -0.4 is 14.9 Å². The number of halogens is 1. The first-order chi connectivity index (χ1) is 16.5. The van der Waals surface area contributed by atoms with E-state index in [2.05, 4.69) is 15.5 Å². The fourth-order valence-electron chi connectivity index (χ4n) is 3.10. The summed E-state index contributed by atoms with van der Waals surface area (Å²) in [6.07, 6.45) is 1.67. The largest absolute Gasteiger partial charge is 0.496 e. The van der Waals surface area contributed by atoms with Crippen molar-refractivity contribution in [3.05, 3.63) is 98.4 Å². The van der Waals surface area contributed by atoms with Gasteiger partial charge in [0.05, 0.1) is 29.0 Å². The molecule has 0 radical (unpaired) electrons. The molecular weight excluding hydrogens is 476 g/mol. The highest BCUT2D eigenvalue weighted by molar-refractivity contribution is 7.14. The lowest BCUT2D eigenvalue weighted by atomic mass is 10.1. The number of methoxy groups -OCH3 is 1. The van der Waals surface area contributed by atoms with Crippen molar-refractivity contribution in [3.8, 4) is 22.8 Å². The Labute approximate surface area is 204 Å². The van der Waals surface area contributed by atoms with Gasteiger partial charge in [0, 0.05) is 28.6 Å². The quantitative estimate of drug-likeness (QED) is 0.164. The van der Waals surface area contributed by atoms with E-state index in [0.717, 1.165) is 22.4 Å². The van der Waals surface area contributed by atoms with Crippen molar-refractivity contribution in [1.82, 2.24) is 4.98 Å². The number of non-ortho nitro benzene ring substituents is 1. The molecule has 0 atom stereocenters. The molecule has 1 aromatic heterocycles. The van der Waals surface area contributed by atoms with Gasteiger partial charge in [-0.05, 0) is 29.8 Å². The fourth-order valence-corrected chi connectivity index (χ4v) is 3.99. The fraction of sp³-hybridized carbons (Fsp3) is 0.0833. The van der Waals surface area contributed by atoms with Gasteiger partial charge < -0.3 is 9.47 Å². The molecule has 0 saturated carbocycles. The number of benzene rings is 3. The number of ether oxygens (including phenoxy) is 2. The molecule has 34 heavy (non-hydrogen) atoms. The molecule has 0 aliphatic heterocycles. The number of nitrogens with one attached hydrogen (secondary N) is 1. The van der Waals surface area contributed by atoms with Crippen LogP contribution in [0.5, 0.6) is 11.5 Å². The van der Waals surface area contributed by atoms with Crippen molar-refractivity contribution >= 4 is 40.0 Å². The summed E-state index contributed by atoms with van der Waals surface area (Å²) in [5.41, 5.74) is 6.37. The highest BCUT2D eigenvalue weighted by Gasteiger charge is 2.12. The van der Waals surface area contributed by atoms with Crippen LogP contribution in [0.3, 0.4) is 0 Å². The number of hydrogen-bond acceptors (Lipinski definition) is 8. The van der Waals surface area contributed by atoms with Crippen LogP contribution in [0.15, 0.2) is 77.2 Å². The van der Waals surface area contributed by atoms with Crippen molar-refractivity contribution in [3.63, 3.8) is 0 Å². The summed E-state index contributed by atoms with van der Waals surface area (Å²) in [5.74, 6) is 0.976. The molecule has 8 nitrogen and oxygen atoms in total. The lowest BCUT2D eigenvalue weighted by Crippen LogP contribution is -2.01. The Bertz CT molecular complexity index is 1330. The normalized spacial score (nSPS) is 10.9. The summed E-state index contributed by atoms with van der Waals surface area (Å²) in [5, 5.41) is 18.0. The predicted octanol–water partition coefficient (Wildman–Crippen LogP) is 6.41. The lowest BCUT2D eigenvalue weighted by molar-refractivity contribution is -0.384. The number of nitro benzene ring substituents is 1. The average molecular weight is 495 g/mol. The molecule has 1 heterocycles. The van der Waals surface area contributed by atoms with Gasteiger partial charge in [-0.3, -0.25) is 15.5 Å². The van der Waals surface area contributed by atoms with E-state index in [1.165, 1.54) is 29.5 Å². The number of anilines is 1. The molecule has 0 amide bonds. The third-order valence-corrected chi connectivity index (χ3v) is 5.80. The molecule has 3 aromatic carbocycles. The van der Waals surface area contributed by atoms with E-state index < -0.39 is 4.92 Å². The van der Waals surface area contributed by atoms with E-state index in [1.54, 1.807) is 13.3 Å². The van der Waals surface area contributed by atoms with Crippen LogP contribution in [0.4, 0.5) is 10.8 Å². The van der Waals surface area contributed by atoms with E-state index in [1.807, 2.05) is 53.9 Å². The van der Waals surface area contributed by atoms with Crippen LogP contribution in [0, 0.1) is 10.1 Å². The highest BCUT2D eigenvalue weighted by atomic mass is 35.5. The summed E-state index contributed by atoms with van der Waals surface area (Å²) < 4.78 is 11.2. The molecule has 0 bridgehead atoms. The molecule has 10 heteroatoms. The number of thiazole rings is 1. The smallest absolute Gasteiger partial charge is 0.271 e. The summed E-state index contributed by atoms with van der Waals surface area (Å²) in [7, 11) is 1.57. The lowest BCUT2D eigenvalue weighted by Gasteiger charge is -2.12. The van der Waals surface area contributed by atoms with Gasteiger partial charge in [-0.25, -0.2) is 4.98 Å². The van der Waals surface area contributed by atoms with E-state index >= 15 is 0 Å². The Kier molecular flexibility index (Phi) is 7.36. The van der Waals surface area contributed by atoms with Gasteiger partial charge in [0.1, 0.15) is 18.1 Å². The van der Waals surface area contributed by atoms with Gasteiger partial charge >= 0.3 is 0 Å². The summed E-state index contributed by atoms with van der Waals surface area (Å²) in [6.45, 7) is 0.155. The first-order valence-electron chi connectivity index (χ1n) is 10.1. The molecule has 172 valence electrons. The zero-order valence-corrected chi connectivity index (χ0v) is 19.5. The molecule has 0 unspecified atom stereocenters. The van der Waals surface area contributed by atoms with Crippen molar-refractivity contribution in [2.75, 3.05) is 12.5 Å². The zero-order valence-electron chi connectivity index (χ0n) is 18.0. The van der Waals surface area contributed by atoms with Crippen molar-refractivity contribution in [2.24, 2.45) is 5.10 Å². The highest BCUT2D eigenvalue weighted by Crippen LogP contribution is 2.30. The number of hydrogen-bond donors (Lipinski definition) is 1. The number of hydrazone groups is 1. The number of aromatic nitrogens is 1. The third kappa shape index (κ3) is 5.69. The average Bonchev–Trinajstić information content (AvgIpc) is 3.33. The summed E-state index contributed by atoms with van der Waals surface area (Å²) in [6, 6.07) is 19.5. The maximum Gasteiger partial charge on any atom is 0.271 e. The Morgan fingerprint density at radius 2 is 1.94 bits per heavy atom. The Hall–Kier alpha value is -3.95. The van der Waals surface area contributed by atoms with Gasteiger partial charge in [0.15, 0.2) is 0 Å². The standard InChI is InChI=1S/C24H19ClN4O4S/c1-32-22-9-7-16(11-18(22)14-33-23-10-8-19(29(30)31)12-20(23)25)13-26-28-24-27-21(15-34-24)17-5-3-2-4-6-17/h2-13,15H,14H2,1H3,(H,27,28). The minimum absolute atomic E-state index is 0.100. The monoisotopic (exact) mass is 494 g/mol. The number of rotatable bonds is 9. The molecule has 0 aliphatic carbocycles. The van der Waals surface area contributed by atoms with Gasteiger partial charge in [0.25, 0.3) is 5.69 Å². The van der Waals surface area contributed by atoms with Gasteiger partial charge in [-0.15, -0.1) is 11.3 Å². The van der Waals surface area contributed by atoms with E-state index in [0.29, 0.717) is 16.6 Å². The van der Waals surface area contributed by atoms with E-state index in [-0.39, 0.29) is 17.3 Å². The minimum atomic E-state index is -0.510. The maximum absolute atomic E-state index is 10.9. The summed E-state index contributed by atoms with van der Waals surface area (Å²) in [4.78, 5) is 14.9.